The van der Waals surface area contributed by atoms with Gasteiger partial charge in [-0.1, -0.05) is 26.0 Å². The molecular weight excluding hydrogens is 270 g/mol. The van der Waals surface area contributed by atoms with Crippen molar-refractivity contribution in [3.63, 3.8) is 0 Å². The van der Waals surface area contributed by atoms with Crippen LogP contribution in [0.2, 0.25) is 0 Å². The number of nitrogens with one attached hydrogen (secondary N) is 1. The first-order valence-electron chi connectivity index (χ1n) is 6.93. The highest BCUT2D eigenvalue weighted by Crippen LogP contribution is 2.28. The number of pyridine rings is 1. The van der Waals surface area contributed by atoms with Crippen molar-refractivity contribution >= 4 is 22.3 Å². The van der Waals surface area contributed by atoms with Crippen molar-refractivity contribution in [2.24, 2.45) is 5.92 Å². The van der Waals surface area contributed by atoms with E-state index in [1.54, 1.807) is 18.2 Å². The van der Waals surface area contributed by atoms with Crippen LogP contribution in [0, 0.1) is 16.0 Å². The van der Waals surface area contributed by atoms with E-state index in [0.717, 1.165) is 5.69 Å². The predicted octanol–water partition coefficient (Wildman–Crippen LogP) is 2.96. The molecule has 1 unspecified atom stereocenters. The number of benzene rings is 1. The normalized spacial score (nSPS) is 12.6. The number of hydrogen-bond donors (Lipinski definition) is 2. The second-order valence-corrected chi connectivity index (χ2v) is 5.45. The minimum Gasteiger partial charge on any atom is -0.391 e. The third-order valence-electron chi connectivity index (χ3n) is 3.22. The molecule has 0 fully saturated rings. The number of rotatable bonds is 6. The Morgan fingerprint density at radius 2 is 2.14 bits per heavy atom. The van der Waals surface area contributed by atoms with Gasteiger partial charge in [0.1, 0.15) is 5.52 Å². The second kappa shape index (κ2) is 6.49. The van der Waals surface area contributed by atoms with E-state index < -0.39 is 11.0 Å². The monoisotopic (exact) mass is 289 g/mol. The number of anilines is 1. The van der Waals surface area contributed by atoms with E-state index in [9.17, 15) is 15.2 Å². The summed E-state index contributed by atoms with van der Waals surface area (Å²) < 4.78 is 0. The van der Waals surface area contributed by atoms with Gasteiger partial charge in [0, 0.05) is 29.9 Å². The highest BCUT2D eigenvalue weighted by molar-refractivity contribution is 5.96. The average molecular weight is 289 g/mol. The van der Waals surface area contributed by atoms with E-state index in [2.05, 4.69) is 24.1 Å². The Hall–Kier alpha value is -2.21. The van der Waals surface area contributed by atoms with E-state index in [1.807, 2.05) is 0 Å². The van der Waals surface area contributed by atoms with Crippen LogP contribution in [0.25, 0.3) is 10.9 Å². The zero-order valence-corrected chi connectivity index (χ0v) is 12.1. The minimum atomic E-state index is -0.452. The van der Waals surface area contributed by atoms with Crippen molar-refractivity contribution in [1.82, 2.24) is 4.98 Å². The zero-order chi connectivity index (χ0) is 15.4. The van der Waals surface area contributed by atoms with Gasteiger partial charge >= 0.3 is 0 Å². The number of nitro groups is 1. The van der Waals surface area contributed by atoms with Crippen LogP contribution in [-0.4, -0.2) is 27.7 Å². The maximum atomic E-state index is 11.0. The molecule has 0 saturated heterocycles. The van der Waals surface area contributed by atoms with Crippen LogP contribution in [0.3, 0.4) is 0 Å². The van der Waals surface area contributed by atoms with Gasteiger partial charge in [0.05, 0.1) is 11.0 Å². The second-order valence-electron chi connectivity index (χ2n) is 5.45. The summed E-state index contributed by atoms with van der Waals surface area (Å²) in [4.78, 5) is 14.7. The van der Waals surface area contributed by atoms with Crippen molar-refractivity contribution in [2.45, 2.75) is 26.4 Å². The number of nitrogens with zero attached hydrogens (tertiary/aromatic N) is 2. The largest absolute Gasteiger partial charge is 0.391 e. The Bertz CT molecular complexity index is 643. The average Bonchev–Trinajstić information content (AvgIpc) is 2.43. The lowest BCUT2D eigenvalue weighted by atomic mass is 10.1. The molecule has 1 aromatic carbocycles. The third kappa shape index (κ3) is 3.66. The summed E-state index contributed by atoms with van der Waals surface area (Å²) in [6.07, 6.45) is 1.79. The molecule has 21 heavy (non-hydrogen) atoms. The van der Waals surface area contributed by atoms with E-state index >= 15 is 0 Å². The van der Waals surface area contributed by atoms with Gasteiger partial charge in [0.15, 0.2) is 0 Å². The summed E-state index contributed by atoms with van der Waals surface area (Å²) in [7, 11) is 0. The molecule has 1 heterocycles. The maximum absolute atomic E-state index is 11.0. The van der Waals surface area contributed by atoms with E-state index in [1.165, 1.54) is 12.3 Å². The summed E-state index contributed by atoms with van der Waals surface area (Å²) >= 11 is 0. The maximum Gasteiger partial charge on any atom is 0.295 e. The molecule has 0 bridgehead atoms. The lowest BCUT2D eigenvalue weighted by molar-refractivity contribution is -0.383. The molecule has 1 aromatic heterocycles. The number of aromatic nitrogens is 1. The predicted molar refractivity (Wildman–Crippen MR) is 82.3 cm³/mol. The molecule has 0 amide bonds. The van der Waals surface area contributed by atoms with E-state index in [0.29, 0.717) is 29.8 Å². The molecule has 112 valence electrons. The molecule has 0 saturated carbocycles. The van der Waals surface area contributed by atoms with Crippen LogP contribution in [0.15, 0.2) is 30.5 Å². The first-order valence-corrected chi connectivity index (χ1v) is 6.93. The molecule has 6 heteroatoms. The van der Waals surface area contributed by atoms with Crippen LogP contribution in [0.4, 0.5) is 11.4 Å². The summed E-state index contributed by atoms with van der Waals surface area (Å²) in [6, 6.07) is 6.62. The zero-order valence-electron chi connectivity index (χ0n) is 12.1. The lowest BCUT2D eigenvalue weighted by Gasteiger charge is -2.15. The molecule has 2 N–H and O–H groups in total. The molecule has 2 rings (SSSR count). The first kappa shape index (κ1) is 15.2. The fraction of sp³-hybridized carbons (Fsp3) is 0.400. The van der Waals surface area contributed by atoms with Crippen molar-refractivity contribution < 1.29 is 10.0 Å². The Balaban J connectivity index is 2.25. The quantitative estimate of drug-likeness (QED) is 0.630. The van der Waals surface area contributed by atoms with Gasteiger partial charge in [0.25, 0.3) is 5.69 Å². The summed E-state index contributed by atoms with van der Waals surface area (Å²) in [5.74, 6) is 0.414. The molecule has 2 aromatic rings. The number of nitro benzene ring substituents is 1. The number of fused-ring (bicyclic) bond motifs is 1. The smallest absolute Gasteiger partial charge is 0.295 e. The highest BCUT2D eigenvalue weighted by atomic mass is 16.6. The molecule has 0 spiro atoms. The van der Waals surface area contributed by atoms with Gasteiger partial charge in [0.2, 0.25) is 0 Å². The van der Waals surface area contributed by atoms with Crippen LogP contribution in [0.1, 0.15) is 20.3 Å². The molecule has 0 radical (unpaired) electrons. The number of aliphatic hydroxyl groups is 1. The summed E-state index contributed by atoms with van der Waals surface area (Å²) in [6.45, 7) is 4.50. The van der Waals surface area contributed by atoms with Crippen molar-refractivity contribution in [2.75, 3.05) is 11.9 Å². The standard InChI is InChI=1S/C15H19N3O3/c1-10(2)8-11(19)9-17-13-6-7-16-15-12(13)4-3-5-14(15)18(20)21/h3-7,10-11,19H,8-9H2,1-2H3,(H,16,17). The summed E-state index contributed by atoms with van der Waals surface area (Å²) in [5.41, 5.74) is 1.08. The number of para-hydroxylation sites is 1. The van der Waals surface area contributed by atoms with Crippen molar-refractivity contribution in [3.05, 3.63) is 40.6 Å². The minimum absolute atomic E-state index is 0.0149. The number of non-ortho nitro benzene ring substituents is 1. The van der Waals surface area contributed by atoms with E-state index in [-0.39, 0.29) is 5.69 Å². The molecule has 0 aliphatic heterocycles. The van der Waals surface area contributed by atoms with Crippen molar-refractivity contribution in [1.29, 1.82) is 0 Å². The molecular formula is C15H19N3O3. The van der Waals surface area contributed by atoms with Gasteiger partial charge < -0.3 is 10.4 Å². The Morgan fingerprint density at radius 3 is 2.81 bits per heavy atom. The van der Waals surface area contributed by atoms with E-state index in [4.69, 9.17) is 0 Å². The Kier molecular flexibility index (Phi) is 4.70. The summed E-state index contributed by atoms with van der Waals surface area (Å²) in [5, 5.41) is 24.8. The fourth-order valence-electron chi connectivity index (χ4n) is 2.32. The lowest BCUT2D eigenvalue weighted by Crippen LogP contribution is -2.21. The van der Waals surface area contributed by atoms with Crippen LogP contribution in [-0.2, 0) is 0 Å². The molecule has 0 aliphatic carbocycles. The first-order chi connectivity index (χ1) is 9.99. The van der Waals surface area contributed by atoms with Gasteiger partial charge in [-0.3, -0.25) is 10.1 Å². The highest BCUT2D eigenvalue weighted by Gasteiger charge is 2.15. The third-order valence-corrected chi connectivity index (χ3v) is 3.22. The van der Waals surface area contributed by atoms with Crippen molar-refractivity contribution in [3.8, 4) is 0 Å². The SMILES string of the molecule is CC(C)CC(O)CNc1ccnc2c([N+](=O)[O-])cccc12. The van der Waals surface area contributed by atoms with Crippen LogP contribution >= 0.6 is 0 Å². The van der Waals surface area contributed by atoms with Gasteiger partial charge in [-0.05, 0) is 18.4 Å². The number of hydrogen-bond acceptors (Lipinski definition) is 5. The molecule has 0 aliphatic rings. The molecule has 1 atom stereocenters. The fourth-order valence-corrected chi connectivity index (χ4v) is 2.32. The Labute approximate surface area is 123 Å². The Morgan fingerprint density at radius 1 is 1.38 bits per heavy atom. The topological polar surface area (TPSA) is 88.3 Å². The van der Waals surface area contributed by atoms with Crippen LogP contribution in [0.5, 0.6) is 0 Å². The van der Waals surface area contributed by atoms with Gasteiger partial charge in [-0.2, -0.15) is 0 Å². The van der Waals surface area contributed by atoms with Gasteiger partial charge in [-0.15, -0.1) is 0 Å². The van der Waals surface area contributed by atoms with Gasteiger partial charge in [-0.25, -0.2) is 4.98 Å². The molecule has 6 nitrogen and oxygen atoms in total. The number of aliphatic hydroxyl groups excluding tert-OH is 1. The van der Waals surface area contributed by atoms with Crippen LogP contribution < -0.4 is 5.32 Å².